The number of nitrogens with zero attached hydrogens (tertiary/aromatic N) is 1. The van der Waals surface area contributed by atoms with E-state index in [9.17, 15) is 4.79 Å². The molecule has 0 spiro atoms. The van der Waals surface area contributed by atoms with E-state index in [4.69, 9.17) is 18.9 Å². The van der Waals surface area contributed by atoms with Gasteiger partial charge < -0.3 is 18.9 Å². The van der Waals surface area contributed by atoms with Crippen molar-refractivity contribution in [2.45, 2.75) is 31.8 Å². The van der Waals surface area contributed by atoms with Gasteiger partial charge in [-0.05, 0) is 36.8 Å². The number of hydrogen-bond acceptors (Lipinski definition) is 6. The highest BCUT2D eigenvalue weighted by molar-refractivity contribution is 5.98. The number of esters is 1. The van der Waals surface area contributed by atoms with Crippen LogP contribution in [-0.2, 0) is 25.6 Å². The summed E-state index contributed by atoms with van der Waals surface area (Å²) in [5.74, 6) is 0.685. The maximum Gasteiger partial charge on any atom is 0.334 e. The van der Waals surface area contributed by atoms with Gasteiger partial charge in [-0.15, -0.1) is 0 Å². The van der Waals surface area contributed by atoms with Gasteiger partial charge in [0.05, 0.1) is 26.9 Å². The number of methoxy groups -OCH3 is 2. The second-order valence-corrected chi connectivity index (χ2v) is 6.21. The molecule has 6 heteroatoms. The lowest BCUT2D eigenvalue weighted by Crippen LogP contribution is -2.40. The lowest BCUT2D eigenvalue weighted by Gasteiger charge is -2.23. The molecule has 2 aromatic carbocycles. The molecule has 27 heavy (non-hydrogen) atoms. The molecule has 3 atom stereocenters. The summed E-state index contributed by atoms with van der Waals surface area (Å²) in [4.78, 5) is 16.6. The third kappa shape index (κ3) is 4.46. The van der Waals surface area contributed by atoms with Crippen molar-refractivity contribution in [2.24, 2.45) is 4.99 Å². The predicted molar refractivity (Wildman–Crippen MR) is 101 cm³/mol. The number of ether oxygens (including phenoxy) is 4. The Morgan fingerprint density at radius 3 is 2.44 bits per heavy atom. The standard InChI is InChI=1S/C21H23NO5/c1-14(26-13-15-7-5-4-6-8-15)19-18(21(23)25-3)22-20(27-19)16-9-11-17(24-2)12-10-16/h4-12,14,18-19H,13H2,1-3H3/t14-,18+,19+/m0/s1. The molecule has 0 bridgehead atoms. The fourth-order valence-electron chi connectivity index (χ4n) is 2.86. The Kier molecular flexibility index (Phi) is 6.08. The Morgan fingerprint density at radius 2 is 1.81 bits per heavy atom. The summed E-state index contributed by atoms with van der Waals surface area (Å²) >= 11 is 0. The first kappa shape index (κ1) is 18.9. The second-order valence-electron chi connectivity index (χ2n) is 6.21. The molecule has 0 aliphatic carbocycles. The van der Waals surface area contributed by atoms with Gasteiger partial charge in [-0.25, -0.2) is 9.79 Å². The van der Waals surface area contributed by atoms with Crippen LogP contribution < -0.4 is 4.74 Å². The summed E-state index contributed by atoms with van der Waals surface area (Å²) in [6, 6.07) is 16.4. The first-order valence-corrected chi connectivity index (χ1v) is 8.74. The van der Waals surface area contributed by atoms with Crippen molar-refractivity contribution in [3.05, 3.63) is 65.7 Å². The zero-order chi connectivity index (χ0) is 19.2. The van der Waals surface area contributed by atoms with E-state index in [0.29, 0.717) is 12.5 Å². The van der Waals surface area contributed by atoms with E-state index in [2.05, 4.69) is 4.99 Å². The van der Waals surface area contributed by atoms with Crippen molar-refractivity contribution in [3.63, 3.8) is 0 Å². The molecule has 6 nitrogen and oxygen atoms in total. The van der Waals surface area contributed by atoms with Crippen LogP contribution >= 0.6 is 0 Å². The summed E-state index contributed by atoms with van der Waals surface area (Å²) in [5, 5.41) is 0. The number of hydrogen-bond donors (Lipinski definition) is 0. The van der Waals surface area contributed by atoms with Gasteiger partial charge in [-0.2, -0.15) is 0 Å². The van der Waals surface area contributed by atoms with E-state index in [-0.39, 0.29) is 6.10 Å². The topological polar surface area (TPSA) is 66.4 Å². The van der Waals surface area contributed by atoms with Crippen molar-refractivity contribution in [3.8, 4) is 5.75 Å². The minimum Gasteiger partial charge on any atom is -0.497 e. The van der Waals surface area contributed by atoms with E-state index in [1.165, 1.54) is 7.11 Å². The van der Waals surface area contributed by atoms with Crippen molar-refractivity contribution in [1.82, 2.24) is 0 Å². The number of rotatable bonds is 7. The molecule has 142 valence electrons. The number of carbonyl (C=O) groups excluding carboxylic acids is 1. The number of aliphatic imine (C=N–C) groups is 1. The van der Waals surface area contributed by atoms with Gasteiger partial charge in [0, 0.05) is 5.56 Å². The van der Waals surface area contributed by atoms with E-state index >= 15 is 0 Å². The molecule has 0 saturated carbocycles. The Bertz CT molecular complexity index is 788. The van der Waals surface area contributed by atoms with Crippen LogP contribution in [0.2, 0.25) is 0 Å². The first-order chi connectivity index (χ1) is 13.1. The Labute approximate surface area is 158 Å². The molecular formula is C21H23NO5. The molecule has 2 aromatic rings. The first-order valence-electron chi connectivity index (χ1n) is 8.74. The van der Waals surface area contributed by atoms with Gasteiger partial charge >= 0.3 is 5.97 Å². The highest BCUT2D eigenvalue weighted by Gasteiger charge is 2.41. The average Bonchev–Trinajstić information content (AvgIpc) is 3.18. The molecule has 1 heterocycles. The highest BCUT2D eigenvalue weighted by atomic mass is 16.6. The molecule has 0 amide bonds. The monoisotopic (exact) mass is 369 g/mol. The van der Waals surface area contributed by atoms with Crippen LogP contribution in [0.5, 0.6) is 5.75 Å². The maximum atomic E-state index is 12.2. The minimum absolute atomic E-state index is 0.353. The molecule has 0 N–H and O–H groups in total. The molecule has 0 saturated heterocycles. The molecule has 3 rings (SSSR count). The quantitative estimate of drug-likeness (QED) is 0.702. The van der Waals surface area contributed by atoms with E-state index in [0.717, 1.165) is 16.9 Å². The van der Waals surface area contributed by atoms with Crippen LogP contribution in [0.15, 0.2) is 59.6 Å². The molecule has 0 aromatic heterocycles. The summed E-state index contributed by atoms with van der Waals surface area (Å²) in [5.41, 5.74) is 1.82. The minimum atomic E-state index is -0.766. The normalized spacial score (nSPS) is 19.7. The van der Waals surface area contributed by atoms with Crippen LogP contribution in [0.1, 0.15) is 18.1 Å². The van der Waals surface area contributed by atoms with Gasteiger partial charge in [0.2, 0.25) is 5.90 Å². The molecule has 1 aliphatic heterocycles. The van der Waals surface area contributed by atoms with Crippen LogP contribution in [0.4, 0.5) is 0 Å². The summed E-state index contributed by atoms with van der Waals surface area (Å²) in [6.07, 6.45) is -0.910. The van der Waals surface area contributed by atoms with Gasteiger partial charge in [-0.1, -0.05) is 30.3 Å². The zero-order valence-electron chi connectivity index (χ0n) is 15.6. The van der Waals surface area contributed by atoms with E-state index in [1.807, 2.05) is 61.5 Å². The fraction of sp³-hybridized carbons (Fsp3) is 0.333. The van der Waals surface area contributed by atoms with Crippen molar-refractivity contribution in [2.75, 3.05) is 14.2 Å². The molecule has 0 radical (unpaired) electrons. The van der Waals surface area contributed by atoms with Gasteiger partial charge in [0.25, 0.3) is 0 Å². The summed E-state index contributed by atoms with van der Waals surface area (Å²) in [6.45, 7) is 2.30. The number of benzene rings is 2. The maximum absolute atomic E-state index is 12.2. The van der Waals surface area contributed by atoms with Crippen molar-refractivity contribution in [1.29, 1.82) is 0 Å². The second kappa shape index (κ2) is 8.68. The van der Waals surface area contributed by atoms with Crippen molar-refractivity contribution >= 4 is 11.9 Å². The average molecular weight is 369 g/mol. The Hall–Kier alpha value is -2.86. The Balaban J connectivity index is 1.72. The third-order valence-corrected chi connectivity index (χ3v) is 4.41. The highest BCUT2D eigenvalue weighted by Crippen LogP contribution is 2.25. The van der Waals surface area contributed by atoms with Crippen molar-refractivity contribution < 1.29 is 23.7 Å². The van der Waals surface area contributed by atoms with Gasteiger partial charge in [-0.3, -0.25) is 0 Å². The number of carbonyl (C=O) groups is 1. The van der Waals surface area contributed by atoms with Crippen LogP contribution in [0, 0.1) is 0 Å². The largest absolute Gasteiger partial charge is 0.497 e. The van der Waals surface area contributed by atoms with Crippen LogP contribution in [0.3, 0.4) is 0 Å². The van der Waals surface area contributed by atoms with E-state index < -0.39 is 18.1 Å². The third-order valence-electron chi connectivity index (χ3n) is 4.41. The Morgan fingerprint density at radius 1 is 1.11 bits per heavy atom. The van der Waals surface area contributed by atoms with Gasteiger partial charge in [0.1, 0.15) is 5.75 Å². The molecule has 0 unspecified atom stereocenters. The predicted octanol–water partition coefficient (Wildman–Crippen LogP) is 2.99. The molecular weight excluding hydrogens is 346 g/mol. The summed E-state index contributed by atoms with van der Waals surface area (Å²) < 4.78 is 22.0. The molecule has 1 aliphatic rings. The zero-order valence-corrected chi connectivity index (χ0v) is 15.6. The van der Waals surface area contributed by atoms with Crippen LogP contribution in [0.25, 0.3) is 0 Å². The van der Waals surface area contributed by atoms with Crippen LogP contribution in [-0.4, -0.2) is 44.3 Å². The smallest absolute Gasteiger partial charge is 0.334 e. The molecule has 0 fully saturated rings. The SMILES string of the molecule is COC(=O)[C@@H]1N=C(c2ccc(OC)cc2)O[C@@H]1[C@H](C)OCc1ccccc1. The lowest BCUT2D eigenvalue weighted by molar-refractivity contribution is -0.146. The lowest BCUT2D eigenvalue weighted by atomic mass is 10.1. The van der Waals surface area contributed by atoms with E-state index in [1.54, 1.807) is 7.11 Å². The van der Waals surface area contributed by atoms with Gasteiger partial charge in [0.15, 0.2) is 12.1 Å². The summed E-state index contributed by atoms with van der Waals surface area (Å²) in [7, 11) is 2.95. The fourth-order valence-corrected chi connectivity index (χ4v) is 2.86.